The molecule has 0 unspecified atom stereocenters. The molecule has 4 rings (SSSR count). The van der Waals surface area contributed by atoms with Crippen molar-refractivity contribution in [3.8, 4) is 20.9 Å². The van der Waals surface area contributed by atoms with Gasteiger partial charge in [0.2, 0.25) is 0 Å². The second-order valence-corrected chi connectivity index (χ2v) is 9.06. The van der Waals surface area contributed by atoms with Crippen molar-refractivity contribution in [2.45, 2.75) is 20.5 Å². The molecule has 3 nitrogen and oxygen atoms in total. The normalized spacial score (nSPS) is 10.3. The fourth-order valence-electron chi connectivity index (χ4n) is 2.76. The van der Waals surface area contributed by atoms with Gasteiger partial charge in [-0.15, -0.1) is 22.7 Å². The zero-order valence-corrected chi connectivity index (χ0v) is 18.8. The van der Waals surface area contributed by atoms with Gasteiger partial charge in [-0.2, -0.15) is 0 Å². The highest BCUT2D eigenvalue weighted by molar-refractivity contribution is 7.17. The molecule has 0 spiro atoms. The van der Waals surface area contributed by atoms with Crippen molar-refractivity contribution in [3.05, 3.63) is 93.7 Å². The molecule has 154 valence electrons. The maximum absolute atomic E-state index is 11.3. The molecule has 0 aliphatic heterocycles. The Morgan fingerprint density at radius 1 is 0.767 bits per heavy atom. The Hall–Kier alpha value is -2.73. The van der Waals surface area contributed by atoms with Crippen LogP contribution in [0.15, 0.2) is 72.8 Å². The summed E-state index contributed by atoms with van der Waals surface area (Å²) in [5.74, 6) is -0.275. The van der Waals surface area contributed by atoms with Gasteiger partial charge in [0.15, 0.2) is 0 Å². The van der Waals surface area contributed by atoms with Gasteiger partial charge < -0.3 is 9.84 Å². The number of hydrogen-bond donors (Lipinski definition) is 1. The van der Waals surface area contributed by atoms with E-state index in [1.54, 1.807) is 17.4 Å². The number of thiophene rings is 2. The molecule has 2 aromatic carbocycles. The van der Waals surface area contributed by atoms with E-state index in [1.807, 2.05) is 12.1 Å². The maximum Gasteiger partial charge on any atom is 0.348 e. The summed E-state index contributed by atoms with van der Waals surface area (Å²) in [5, 5.41) is 8.95. The number of aliphatic hydroxyl groups is 1. The molecule has 0 saturated heterocycles. The molecule has 0 fully saturated rings. The maximum atomic E-state index is 11.3. The summed E-state index contributed by atoms with van der Waals surface area (Å²) in [6, 6.07) is 24.4. The number of ether oxygens (including phenoxy) is 1. The van der Waals surface area contributed by atoms with Gasteiger partial charge in [-0.3, -0.25) is 0 Å². The minimum Gasteiger partial charge on any atom is -0.465 e. The number of hydrogen-bond acceptors (Lipinski definition) is 5. The minimum atomic E-state index is -0.275. The Morgan fingerprint density at radius 2 is 1.27 bits per heavy atom. The van der Waals surface area contributed by atoms with E-state index in [0.717, 1.165) is 15.3 Å². The first-order chi connectivity index (χ1) is 14.5. The molecule has 0 saturated carbocycles. The monoisotopic (exact) mass is 436 g/mol. The van der Waals surface area contributed by atoms with Crippen molar-refractivity contribution in [2.24, 2.45) is 0 Å². The van der Waals surface area contributed by atoms with Gasteiger partial charge in [-0.05, 0) is 49.2 Å². The van der Waals surface area contributed by atoms with Crippen LogP contribution in [0.25, 0.3) is 20.9 Å². The highest BCUT2D eigenvalue weighted by atomic mass is 32.1. The molecule has 2 heterocycles. The third kappa shape index (κ3) is 5.66. The zero-order chi connectivity index (χ0) is 21.5. The number of aliphatic hydroxyl groups excluding tert-OH is 1. The summed E-state index contributed by atoms with van der Waals surface area (Å²) in [6.07, 6.45) is 0. The van der Waals surface area contributed by atoms with E-state index < -0.39 is 0 Å². The van der Waals surface area contributed by atoms with Crippen LogP contribution in [0.1, 0.15) is 25.7 Å². The van der Waals surface area contributed by atoms with Gasteiger partial charge in [-0.1, -0.05) is 59.7 Å². The lowest BCUT2D eigenvalue weighted by Crippen LogP contribution is -1.96. The van der Waals surface area contributed by atoms with Crippen LogP contribution < -0.4 is 0 Å². The van der Waals surface area contributed by atoms with Crippen molar-refractivity contribution >= 4 is 28.6 Å². The second-order valence-electron chi connectivity index (χ2n) is 6.81. The van der Waals surface area contributed by atoms with E-state index in [2.05, 4.69) is 73.2 Å². The summed E-state index contributed by atoms with van der Waals surface area (Å²) in [4.78, 5) is 15.3. The Labute approximate surface area is 185 Å². The fraction of sp³-hybridized carbons (Fsp3) is 0.160. The SMILES string of the molecule is COC(=O)c1ccc(-c2ccc(C)cc2)s1.Cc1ccc(-c2ccc(CO)s2)cc1. The van der Waals surface area contributed by atoms with Gasteiger partial charge >= 0.3 is 5.97 Å². The lowest BCUT2D eigenvalue weighted by molar-refractivity contribution is 0.0606. The van der Waals surface area contributed by atoms with Crippen LogP contribution in [0.4, 0.5) is 0 Å². The summed E-state index contributed by atoms with van der Waals surface area (Å²) in [6.45, 7) is 4.27. The van der Waals surface area contributed by atoms with Gasteiger partial charge in [0.25, 0.3) is 0 Å². The predicted molar refractivity (Wildman–Crippen MR) is 126 cm³/mol. The Kier molecular flexibility index (Phi) is 7.57. The molecule has 30 heavy (non-hydrogen) atoms. The molecule has 0 radical (unpaired) electrons. The highest BCUT2D eigenvalue weighted by Gasteiger charge is 2.09. The molecular formula is C25H24O3S2. The first-order valence-electron chi connectivity index (χ1n) is 9.52. The third-order valence-corrected chi connectivity index (χ3v) is 6.72. The largest absolute Gasteiger partial charge is 0.465 e. The van der Waals surface area contributed by atoms with Crippen molar-refractivity contribution < 1.29 is 14.6 Å². The first-order valence-corrected chi connectivity index (χ1v) is 11.1. The van der Waals surface area contributed by atoms with E-state index in [9.17, 15) is 4.79 Å². The summed E-state index contributed by atoms with van der Waals surface area (Å²) in [7, 11) is 1.40. The molecule has 0 aliphatic carbocycles. The van der Waals surface area contributed by atoms with Crippen LogP contribution in [0.5, 0.6) is 0 Å². The molecule has 0 aliphatic rings. The van der Waals surface area contributed by atoms with Crippen molar-refractivity contribution in [3.63, 3.8) is 0 Å². The Bertz CT molecular complexity index is 1090. The summed E-state index contributed by atoms with van der Waals surface area (Å²) >= 11 is 3.09. The molecule has 5 heteroatoms. The van der Waals surface area contributed by atoms with E-state index in [-0.39, 0.29) is 12.6 Å². The van der Waals surface area contributed by atoms with Crippen molar-refractivity contribution in [1.82, 2.24) is 0 Å². The Balaban J connectivity index is 0.000000172. The summed E-state index contributed by atoms with van der Waals surface area (Å²) < 4.78 is 4.68. The van der Waals surface area contributed by atoms with E-state index in [0.29, 0.717) is 4.88 Å². The Morgan fingerprint density at radius 3 is 1.73 bits per heavy atom. The van der Waals surface area contributed by atoms with Crippen LogP contribution in [0.3, 0.4) is 0 Å². The number of benzene rings is 2. The van der Waals surface area contributed by atoms with Crippen LogP contribution in [0.2, 0.25) is 0 Å². The number of rotatable bonds is 4. The third-order valence-electron chi connectivity index (χ3n) is 4.48. The average Bonchev–Trinajstić information content (AvgIpc) is 3.45. The first kappa shape index (κ1) is 22.0. The molecule has 2 aromatic heterocycles. The number of carbonyl (C=O) groups is 1. The van der Waals surface area contributed by atoms with Crippen LogP contribution in [-0.2, 0) is 11.3 Å². The number of esters is 1. The summed E-state index contributed by atoms with van der Waals surface area (Å²) in [5.41, 5.74) is 4.85. The molecule has 0 bridgehead atoms. The van der Waals surface area contributed by atoms with Gasteiger partial charge in [0.05, 0.1) is 13.7 Å². The molecular weight excluding hydrogens is 412 g/mol. The molecule has 0 amide bonds. The average molecular weight is 437 g/mol. The predicted octanol–water partition coefficient (Wildman–Crippen LogP) is 6.73. The smallest absolute Gasteiger partial charge is 0.348 e. The second kappa shape index (κ2) is 10.3. The lowest BCUT2D eigenvalue weighted by Gasteiger charge is -1.97. The quantitative estimate of drug-likeness (QED) is 0.361. The van der Waals surface area contributed by atoms with Crippen LogP contribution >= 0.6 is 22.7 Å². The standard InChI is InChI=1S/C13H12O2S.C12H12OS/c1-9-3-5-10(6-4-9)11-7-8-12(16-11)13(14)15-2;1-9-2-4-10(5-3-9)12-7-6-11(8-13)14-12/h3-8H,1-2H3;2-7,13H,8H2,1H3. The van der Waals surface area contributed by atoms with Crippen LogP contribution in [0, 0.1) is 13.8 Å². The lowest BCUT2D eigenvalue weighted by atomic mass is 10.1. The minimum absolute atomic E-state index is 0.135. The molecule has 0 atom stereocenters. The van der Waals surface area contributed by atoms with Gasteiger partial charge in [0.1, 0.15) is 4.88 Å². The zero-order valence-electron chi connectivity index (χ0n) is 17.2. The van der Waals surface area contributed by atoms with Crippen LogP contribution in [-0.4, -0.2) is 18.2 Å². The molecule has 1 N–H and O–H groups in total. The van der Waals surface area contributed by atoms with Crippen molar-refractivity contribution in [2.75, 3.05) is 7.11 Å². The fourth-order valence-corrected chi connectivity index (χ4v) is 4.56. The van der Waals surface area contributed by atoms with E-state index >= 15 is 0 Å². The molecule has 4 aromatic rings. The van der Waals surface area contributed by atoms with E-state index in [1.165, 1.54) is 40.0 Å². The highest BCUT2D eigenvalue weighted by Crippen LogP contribution is 2.29. The van der Waals surface area contributed by atoms with Gasteiger partial charge in [0, 0.05) is 14.6 Å². The topological polar surface area (TPSA) is 46.5 Å². The van der Waals surface area contributed by atoms with Crippen molar-refractivity contribution in [1.29, 1.82) is 0 Å². The number of aryl methyl sites for hydroxylation is 2. The number of methoxy groups -OCH3 is 1. The number of carbonyl (C=O) groups excluding carboxylic acids is 1. The van der Waals surface area contributed by atoms with E-state index in [4.69, 9.17) is 5.11 Å². The van der Waals surface area contributed by atoms with Gasteiger partial charge in [-0.25, -0.2) is 4.79 Å².